The number of esters is 1. The van der Waals surface area contributed by atoms with E-state index in [1.165, 1.54) is 12.1 Å². The van der Waals surface area contributed by atoms with E-state index in [1.54, 1.807) is 6.08 Å². The molecule has 18 heavy (non-hydrogen) atoms. The third-order valence-corrected chi connectivity index (χ3v) is 2.13. The maximum atomic E-state index is 12.4. The molecular weight excluding hydrogens is 245 g/mol. The highest BCUT2D eigenvalue weighted by Gasteiger charge is 2.30. The molecule has 1 aromatic rings. The van der Waals surface area contributed by atoms with Crippen molar-refractivity contribution in [3.63, 3.8) is 0 Å². The second-order valence-corrected chi connectivity index (χ2v) is 3.96. The standard InChI is InChI=1S/C13H13F3O2/c1-9(2)6-7-18-12(17)10-4-3-5-11(8-10)13(14,15)16/h3-6,8H,7H2,1-2H3. The minimum Gasteiger partial charge on any atom is -0.458 e. The second kappa shape index (κ2) is 5.71. The first-order valence-electron chi connectivity index (χ1n) is 5.28. The summed E-state index contributed by atoms with van der Waals surface area (Å²) in [5.74, 6) is -0.765. The molecule has 0 heterocycles. The number of ether oxygens (including phenoxy) is 1. The Morgan fingerprint density at radius 2 is 2.00 bits per heavy atom. The molecule has 0 fully saturated rings. The maximum absolute atomic E-state index is 12.4. The summed E-state index contributed by atoms with van der Waals surface area (Å²) in [6.45, 7) is 3.72. The first kappa shape index (κ1) is 14.3. The van der Waals surface area contributed by atoms with E-state index in [0.717, 1.165) is 17.7 Å². The molecule has 2 nitrogen and oxygen atoms in total. The van der Waals surface area contributed by atoms with Gasteiger partial charge in [-0.2, -0.15) is 13.2 Å². The van der Waals surface area contributed by atoms with Gasteiger partial charge in [0, 0.05) is 0 Å². The third kappa shape index (κ3) is 4.24. The van der Waals surface area contributed by atoms with Crippen LogP contribution in [0.5, 0.6) is 0 Å². The van der Waals surface area contributed by atoms with Crippen LogP contribution in [-0.2, 0) is 10.9 Å². The number of carbonyl (C=O) groups is 1. The number of rotatable bonds is 3. The zero-order valence-corrected chi connectivity index (χ0v) is 10.0. The van der Waals surface area contributed by atoms with Crippen LogP contribution < -0.4 is 0 Å². The van der Waals surface area contributed by atoms with Gasteiger partial charge in [-0.1, -0.05) is 11.6 Å². The lowest BCUT2D eigenvalue weighted by Crippen LogP contribution is -2.09. The van der Waals surface area contributed by atoms with E-state index >= 15 is 0 Å². The topological polar surface area (TPSA) is 26.3 Å². The molecule has 98 valence electrons. The molecular formula is C13H13F3O2. The Morgan fingerprint density at radius 3 is 2.56 bits per heavy atom. The molecule has 0 N–H and O–H groups in total. The van der Waals surface area contributed by atoms with Crippen molar-refractivity contribution in [2.24, 2.45) is 0 Å². The fraction of sp³-hybridized carbons (Fsp3) is 0.308. The molecule has 0 amide bonds. The fourth-order valence-electron chi connectivity index (χ4n) is 1.19. The molecule has 0 saturated heterocycles. The summed E-state index contributed by atoms with van der Waals surface area (Å²) in [7, 11) is 0. The zero-order chi connectivity index (χ0) is 13.8. The van der Waals surface area contributed by atoms with Crippen LogP contribution in [0.25, 0.3) is 0 Å². The predicted octanol–water partition coefficient (Wildman–Crippen LogP) is 3.83. The number of carbonyl (C=O) groups excluding carboxylic acids is 1. The number of allylic oxidation sites excluding steroid dienone is 1. The quantitative estimate of drug-likeness (QED) is 0.608. The fourth-order valence-corrected chi connectivity index (χ4v) is 1.19. The Hall–Kier alpha value is -1.78. The molecule has 0 bridgehead atoms. The van der Waals surface area contributed by atoms with Gasteiger partial charge >= 0.3 is 12.1 Å². The van der Waals surface area contributed by atoms with Gasteiger partial charge in [-0.25, -0.2) is 4.79 Å². The van der Waals surface area contributed by atoms with Crippen molar-refractivity contribution in [3.8, 4) is 0 Å². The van der Waals surface area contributed by atoms with Crippen molar-refractivity contribution in [3.05, 3.63) is 47.0 Å². The molecule has 1 aromatic carbocycles. The van der Waals surface area contributed by atoms with E-state index < -0.39 is 17.7 Å². The maximum Gasteiger partial charge on any atom is 0.416 e. The van der Waals surface area contributed by atoms with Crippen molar-refractivity contribution >= 4 is 5.97 Å². The van der Waals surface area contributed by atoms with Crippen LogP contribution in [0.15, 0.2) is 35.9 Å². The molecule has 0 radical (unpaired) electrons. The van der Waals surface area contributed by atoms with Gasteiger partial charge in [-0.05, 0) is 38.1 Å². The number of hydrogen-bond donors (Lipinski definition) is 0. The molecule has 0 unspecified atom stereocenters. The smallest absolute Gasteiger partial charge is 0.416 e. The average molecular weight is 258 g/mol. The van der Waals surface area contributed by atoms with Crippen LogP contribution in [0, 0.1) is 0 Å². The Balaban J connectivity index is 2.78. The summed E-state index contributed by atoms with van der Waals surface area (Å²) in [5.41, 5.74) is -0.00186. The van der Waals surface area contributed by atoms with Crippen LogP contribution in [0.2, 0.25) is 0 Å². The van der Waals surface area contributed by atoms with Crippen LogP contribution in [0.4, 0.5) is 13.2 Å². The van der Waals surface area contributed by atoms with Gasteiger partial charge in [0.1, 0.15) is 6.61 Å². The second-order valence-electron chi connectivity index (χ2n) is 3.96. The first-order chi connectivity index (χ1) is 8.30. The Labute approximate surface area is 103 Å². The molecule has 0 aliphatic rings. The predicted molar refractivity (Wildman–Crippen MR) is 61.2 cm³/mol. The van der Waals surface area contributed by atoms with E-state index in [-0.39, 0.29) is 12.2 Å². The minimum atomic E-state index is -4.46. The lowest BCUT2D eigenvalue weighted by molar-refractivity contribution is -0.137. The average Bonchev–Trinajstić information content (AvgIpc) is 2.27. The highest BCUT2D eigenvalue weighted by Crippen LogP contribution is 2.29. The van der Waals surface area contributed by atoms with E-state index in [9.17, 15) is 18.0 Å². The van der Waals surface area contributed by atoms with Gasteiger partial charge in [0.05, 0.1) is 11.1 Å². The van der Waals surface area contributed by atoms with Crippen LogP contribution in [-0.4, -0.2) is 12.6 Å². The largest absolute Gasteiger partial charge is 0.458 e. The molecule has 1 rings (SSSR count). The zero-order valence-electron chi connectivity index (χ0n) is 10.0. The lowest BCUT2D eigenvalue weighted by atomic mass is 10.1. The van der Waals surface area contributed by atoms with E-state index in [4.69, 9.17) is 4.74 Å². The summed E-state index contributed by atoms with van der Waals surface area (Å²) in [6, 6.07) is 4.16. The normalized spacial score (nSPS) is 10.9. The van der Waals surface area contributed by atoms with Gasteiger partial charge in [-0.15, -0.1) is 0 Å². The Morgan fingerprint density at radius 1 is 1.33 bits per heavy atom. The van der Waals surface area contributed by atoms with Crippen molar-refractivity contribution in [1.29, 1.82) is 0 Å². The van der Waals surface area contributed by atoms with Gasteiger partial charge in [0.2, 0.25) is 0 Å². The van der Waals surface area contributed by atoms with Crippen molar-refractivity contribution in [1.82, 2.24) is 0 Å². The van der Waals surface area contributed by atoms with Crippen molar-refractivity contribution in [2.45, 2.75) is 20.0 Å². The summed E-state index contributed by atoms with van der Waals surface area (Å²) in [5, 5.41) is 0. The molecule has 0 atom stereocenters. The summed E-state index contributed by atoms with van der Waals surface area (Å²) in [6.07, 6.45) is -2.79. The third-order valence-electron chi connectivity index (χ3n) is 2.13. The molecule has 0 aliphatic heterocycles. The van der Waals surface area contributed by atoms with Crippen LogP contribution in [0.1, 0.15) is 29.8 Å². The van der Waals surface area contributed by atoms with Crippen LogP contribution in [0.3, 0.4) is 0 Å². The van der Waals surface area contributed by atoms with Gasteiger partial charge in [-0.3, -0.25) is 0 Å². The Bertz CT molecular complexity index is 458. The van der Waals surface area contributed by atoms with E-state index in [2.05, 4.69) is 0 Å². The SMILES string of the molecule is CC(C)=CCOC(=O)c1cccc(C(F)(F)F)c1. The van der Waals surface area contributed by atoms with Crippen molar-refractivity contribution < 1.29 is 22.7 Å². The number of hydrogen-bond acceptors (Lipinski definition) is 2. The first-order valence-corrected chi connectivity index (χ1v) is 5.28. The van der Waals surface area contributed by atoms with Gasteiger partial charge in [0.15, 0.2) is 0 Å². The molecule has 0 aliphatic carbocycles. The van der Waals surface area contributed by atoms with E-state index in [0.29, 0.717) is 0 Å². The van der Waals surface area contributed by atoms with E-state index in [1.807, 2.05) is 13.8 Å². The minimum absolute atomic E-state index is 0.0530. The van der Waals surface area contributed by atoms with Gasteiger partial charge < -0.3 is 4.74 Å². The van der Waals surface area contributed by atoms with Gasteiger partial charge in [0.25, 0.3) is 0 Å². The monoisotopic (exact) mass is 258 g/mol. The summed E-state index contributed by atoms with van der Waals surface area (Å²) >= 11 is 0. The Kier molecular flexibility index (Phi) is 4.53. The number of alkyl halides is 3. The summed E-state index contributed by atoms with van der Waals surface area (Å²) < 4.78 is 42.1. The molecule has 0 aromatic heterocycles. The molecule has 0 saturated carbocycles. The highest BCUT2D eigenvalue weighted by atomic mass is 19.4. The number of halogens is 3. The van der Waals surface area contributed by atoms with Crippen molar-refractivity contribution in [2.75, 3.05) is 6.61 Å². The number of benzene rings is 1. The van der Waals surface area contributed by atoms with Crippen LogP contribution >= 0.6 is 0 Å². The highest BCUT2D eigenvalue weighted by molar-refractivity contribution is 5.89. The molecule has 0 spiro atoms. The summed E-state index contributed by atoms with van der Waals surface area (Å²) in [4.78, 5) is 11.5. The lowest BCUT2D eigenvalue weighted by Gasteiger charge is -2.08. The molecule has 5 heteroatoms.